The van der Waals surface area contributed by atoms with Gasteiger partial charge in [-0.3, -0.25) is 9.78 Å². The van der Waals surface area contributed by atoms with Crippen LogP contribution in [-0.2, 0) is 9.47 Å². The fourth-order valence-electron chi connectivity index (χ4n) is 2.56. The minimum absolute atomic E-state index is 0.0262. The summed E-state index contributed by atoms with van der Waals surface area (Å²) in [5, 5.41) is 0. The van der Waals surface area contributed by atoms with Gasteiger partial charge in [-0.2, -0.15) is 0 Å². The van der Waals surface area contributed by atoms with Crippen LogP contribution in [0.5, 0.6) is 0 Å². The summed E-state index contributed by atoms with van der Waals surface area (Å²) in [4.78, 5) is 22.7. The quantitative estimate of drug-likeness (QED) is 0.709. The molecule has 5 nitrogen and oxygen atoms in total. The molecule has 0 spiro atoms. The molecule has 0 bridgehead atoms. The highest BCUT2D eigenvalue weighted by atomic mass is 32.2. The highest BCUT2D eigenvalue weighted by Gasteiger charge is 2.36. The van der Waals surface area contributed by atoms with Gasteiger partial charge < -0.3 is 9.47 Å². The molecule has 0 radical (unpaired) electrons. The normalized spacial score (nSPS) is 20.2. The second-order valence-electron chi connectivity index (χ2n) is 5.71. The van der Waals surface area contributed by atoms with Crippen molar-refractivity contribution in [3.05, 3.63) is 44.2 Å². The first-order chi connectivity index (χ1) is 11.0. The second kappa shape index (κ2) is 5.45. The minimum atomic E-state index is -0.630. The zero-order valence-electron chi connectivity index (χ0n) is 12.6. The van der Waals surface area contributed by atoms with Crippen LogP contribution in [0.25, 0.3) is 21.6 Å². The lowest BCUT2D eigenvalue weighted by atomic mass is 10.2. The first-order valence-electron chi connectivity index (χ1n) is 7.20. The number of para-hydroxylation sites is 2. The van der Waals surface area contributed by atoms with Crippen LogP contribution in [0.3, 0.4) is 0 Å². The Morgan fingerprint density at radius 2 is 2.00 bits per heavy atom. The molecule has 1 aliphatic rings. The van der Waals surface area contributed by atoms with Crippen molar-refractivity contribution in [2.24, 2.45) is 0 Å². The van der Waals surface area contributed by atoms with Gasteiger partial charge in [-0.1, -0.05) is 34.8 Å². The predicted octanol–water partition coefficient (Wildman–Crippen LogP) is 3.60. The molecular formula is C16H14N2O3S2. The van der Waals surface area contributed by atoms with Crippen molar-refractivity contribution in [1.82, 2.24) is 9.97 Å². The Balaban J connectivity index is 1.80. The van der Waals surface area contributed by atoms with E-state index in [2.05, 4.69) is 9.97 Å². The van der Waals surface area contributed by atoms with Gasteiger partial charge in [-0.05, 0) is 26.0 Å². The number of benzene rings is 1. The molecule has 0 aliphatic carbocycles. The van der Waals surface area contributed by atoms with Gasteiger partial charge in [0.25, 0.3) is 4.06 Å². The first kappa shape index (κ1) is 14.9. The van der Waals surface area contributed by atoms with E-state index < -0.39 is 5.79 Å². The summed E-state index contributed by atoms with van der Waals surface area (Å²) in [6.07, 6.45) is 1.47. The van der Waals surface area contributed by atoms with Crippen molar-refractivity contribution in [3.8, 4) is 10.6 Å². The molecule has 2 aromatic heterocycles. The topological polar surface area (TPSA) is 61.3 Å². The standard InChI is InChI=1S/C16H14N2O3S2/c1-16(2)20-8-12(21-16)14-13(22-15(19)23-14)11-7-17-9-5-3-4-6-10(9)18-11/h3-7,12H,8H2,1-2H3/t12-/m1/s1. The zero-order chi connectivity index (χ0) is 16.0. The molecular weight excluding hydrogens is 332 g/mol. The lowest BCUT2D eigenvalue weighted by Crippen LogP contribution is -2.19. The molecule has 1 aliphatic heterocycles. The third-order valence-corrected chi connectivity index (χ3v) is 5.87. The van der Waals surface area contributed by atoms with Gasteiger partial charge in [-0.15, -0.1) is 0 Å². The molecule has 1 aromatic carbocycles. The van der Waals surface area contributed by atoms with Crippen molar-refractivity contribution in [2.75, 3.05) is 6.61 Å². The lowest BCUT2D eigenvalue weighted by Gasteiger charge is -2.16. The van der Waals surface area contributed by atoms with E-state index in [1.165, 1.54) is 22.7 Å². The van der Waals surface area contributed by atoms with Crippen LogP contribution in [-0.4, -0.2) is 22.4 Å². The van der Waals surface area contributed by atoms with Gasteiger partial charge in [-0.25, -0.2) is 4.98 Å². The Morgan fingerprint density at radius 3 is 2.74 bits per heavy atom. The largest absolute Gasteiger partial charge is 0.347 e. The van der Waals surface area contributed by atoms with E-state index in [4.69, 9.17) is 9.47 Å². The molecule has 118 valence electrons. The summed E-state index contributed by atoms with van der Waals surface area (Å²) in [5.41, 5.74) is 2.35. The molecule has 0 unspecified atom stereocenters. The number of hydrogen-bond donors (Lipinski definition) is 0. The minimum Gasteiger partial charge on any atom is -0.347 e. The van der Waals surface area contributed by atoms with Crippen molar-refractivity contribution >= 4 is 33.7 Å². The number of hydrogen-bond acceptors (Lipinski definition) is 7. The second-order valence-corrected chi connectivity index (χ2v) is 7.97. The zero-order valence-corrected chi connectivity index (χ0v) is 14.2. The number of rotatable bonds is 2. The fraction of sp³-hybridized carbons (Fsp3) is 0.312. The Hall–Kier alpha value is -1.67. The van der Waals surface area contributed by atoms with Gasteiger partial charge >= 0.3 is 0 Å². The van der Waals surface area contributed by atoms with Crippen LogP contribution in [0.1, 0.15) is 24.8 Å². The maximum Gasteiger partial charge on any atom is 0.288 e. The molecule has 1 fully saturated rings. The molecule has 7 heteroatoms. The van der Waals surface area contributed by atoms with Crippen molar-refractivity contribution in [2.45, 2.75) is 25.7 Å². The van der Waals surface area contributed by atoms with E-state index in [1.54, 1.807) is 6.20 Å². The average Bonchev–Trinajstić information content (AvgIpc) is 3.09. The number of fused-ring (bicyclic) bond motifs is 1. The molecule has 4 rings (SSSR count). The molecule has 0 N–H and O–H groups in total. The third-order valence-electron chi connectivity index (χ3n) is 3.58. The van der Waals surface area contributed by atoms with Gasteiger partial charge in [0.2, 0.25) is 0 Å². The van der Waals surface area contributed by atoms with Gasteiger partial charge in [0, 0.05) is 0 Å². The van der Waals surface area contributed by atoms with Crippen LogP contribution < -0.4 is 4.06 Å². The summed E-state index contributed by atoms with van der Waals surface area (Å²) in [7, 11) is 0. The van der Waals surface area contributed by atoms with E-state index in [0.717, 1.165) is 20.8 Å². The molecule has 23 heavy (non-hydrogen) atoms. The molecule has 3 heterocycles. The average molecular weight is 346 g/mol. The van der Waals surface area contributed by atoms with E-state index >= 15 is 0 Å². The van der Waals surface area contributed by atoms with Crippen LogP contribution in [0.2, 0.25) is 0 Å². The van der Waals surface area contributed by atoms with Crippen LogP contribution in [0.4, 0.5) is 0 Å². The van der Waals surface area contributed by atoms with Crippen molar-refractivity contribution in [3.63, 3.8) is 0 Å². The van der Waals surface area contributed by atoms with E-state index in [1.807, 2.05) is 38.1 Å². The fourth-order valence-corrected chi connectivity index (χ4v) is 4.73. The van der Waals surface area contributed by atoms with Crippen LogP contribution in [0.15, 0.2) is 35.3 Å². The monoisotopic (exact) mass is 346 g/mol. The maximum atomic E-state index is 12.0. The van der Waals surface area contributed by atoms with Crippen molar-refractivity contribution < 1.29 is 9.47 Å². The first-order valence-corrected chi connectivity index (χ1v) is 8.83. The number of aromatic nitrogens is 2. The molecule has 1 atom stereocenters. The molecule has 0 amide bonds. The third kappa shape index (κ3) is 2.81. The summed E-state index contributed by atoms with van der Waals surface area (Å²) in [6.45, 7) is 4.18. The Bertz CT molecular complexity index is 932. The highest BCUT2D eigenvalue weighted by molar-refractivity contribution is 7.29. The number of nitrogens with zero attached hydrogens (tertiary/aromatic N) is 2. The van der Waals surface area contributed by atoms with E-state index in [9.17, 15) is 4.79 Å². The molecule has 3 aromatic rings. The molecule has 0 saturated carbocycles. The van der Waals surface area contributed by atoms with Gasteiger partial charge in [0.15, 0.2) is 5.79 Å². The Labute approximate surface area is 140 Å². The Kier molecular flexibility index (Phi) is 3.53. The molecule has 1 saturated heterocycles. The lowest BCUT2D eigenvalue weighted by molar-refractivity contribution is -0.138. The smallest absolute Gasteiger partial charge is 0.288 e. The van der Waals surface area contributed by atoms with Gasteiger partial charge in [0.05, 0.1) is 33.6 Å². The highest BCUT2D eigenvalue weighted by Crippen LogP contribution is 2.40. The van der Waals surface area contributed by atoms with E-state index in [-0.39, 0.29) is 10.2 Å². The van der Waals surface area contributed by atoms with Crippen LogP contribution in [0, 0.1) is 0 Å². The van der Waals surface area contributed by atoms with E-state index in [0.29, 0.717) is 12.3 Å². The van der Waals surface area contributed by atoms with Crippen LogP contribution >= 0.6 is 22.7 Å². The summed E-state index contributed by atoms with van der Waals surface area (Å²) in [5.74, 6) is -0.630. The Morgan fingerprint density at radius 1 is 1.22 bits per heavy atom. The summed E-state index contributed by atoms with van der Waals surface area (Å²) >= 11 is 2.39. The van der Waals surface area contributed by atoms with Gasteiger partial charge in [0.1, 0.15) is 11.8 Å². The van der Waals surface area contributed by atoms with Crippen molar-refractivity contribution in [1.29, 1.82) is 0 Å². The number of ether oxygens (including phenoxy) is 2. The summed E-state index contributed by atoms with van der Waals surface area (Å²) < 4.78 is 11.6. The predicted molar refractivity (Wildman–Crippen MR) is 90.9 cm³/mol. The maximum absolute atomic E-state index is 12.0. The SMILES string of the molecule is CC1(C)OC[C@H](c2sc(=O)sc2-c2cnc3ccccc3n2)O1. The summed E-state index contributed by atoms with van der Waals surface area (Å²) in [6, 6.07) is 7.68.